The first kappa shape index (κ1) is 24.5. The summed E-state index contributed by atoms with van der Waals surface area (Å²) in [5.74, 6) is 0.580. The minimum Gasteiger partial charge on any atom is -0.507 e. The van der Waals surface area contributed by atoms with Gasteiger partial charge in [0.1, 0.15) is 11.5 Å². The van der Waals surface area contributed by atoms with Gasteiger partial charge in [0, 0.05) is 16.2 Å². The molecule has 0 aromatic heterocycles. The Bertz CT molecular complexity index is 932. The van der Waals surface area contributed by atoms with Crippen LogP contribution in [0.4, 0.5) is 0 Å². The van der Waals surface area contributed by atoms with E-state index in [9.17, 15) is 14.7 Å². The SMILES string of the molecule is CCCc1c(OCCCSc2ccc(/C=C(/C)CC(=O)O)cc2)ccc(C(C)=O)c1O. The number of hydrogen-bond acceptors (Lipinski definition) is 5. The number of ether oxygens (including phenoxy) is 1. The lowest BCUT2D eigenvalue weighted by molar-refractivity contribution is -0.136. The molecule has 0 aliphatic rings. The maximum atomic E-state index is 11.7. The highest BCUT2D eigenvalue weighted by molar-refractivity contribution is 7.99. The molecule has 2 N–H and O–H groups in total. The van der Waals surface area contributed by atoms with E-state index in [4.69, 9.17) is 9.84 Å². The van der Waals surface area contributed by atoms with E-state index in [0.717, 1.165) is 34.6 Å². The number of carboxylic acids is 1. The molecule has 166 valence electrons. The van der Waals surface area contributed by atoms with Crippen LogP contribution in [0, 0.1) is 0 Å². The highest BCUT2D eigenvalue weighted by Crippen LogP contribution is 2.33. The predicted octanol–water partition coefficient (Wildman–Crippen LogP) is 5.99. The quantitative estimate of drug-likeness (QED) is 0.239. The van der Waals surface area contributed by atoms with Gasteiger partial charge in [-0.3, -0.25) is 9.59 Å². The minimum atomic E-state index is -0.824. The van der Waals surface area contributed by atoms with E-state index in [-0.39, 0.29) is 18.0 Å². The molecule has 0 radical (unpaired) electrons. The molecule has 0 saturated heterocycles. The second-order valence-corrected chi connectivity index (χ2v) is 8.59. The third-order valence-corrected chi connectivity index (χ3v) is 5.76. The van der Waals surface area contributed by atoms with Crippen molar-refractivity contribution in [3.63, 3.8) is 0 Å². The van der Waals surface area contributed by atoms with Crippen molar-refractivity contribution in [2.75, 3.05) is 12.4 Å². The number of thioether (sulfide) groups is 1. The standard InChI is InChI=1S/C25H30O5S/c1-4-6-22-23(12-11-21(18(3)26)25(22)29)30-13-5-14-31-20-9-7-19(8-10-20)15-17(2)16-24(27)28/h7-12,15,29H,4-6,13-14,16H2,1-3H3,(H,27,28)/b17-15-. The summed E-state index contributed by atoms with van der Waals surface area (Å²) in [6.45, 7) is 5.81. The van der Waals surface area contributed by atoms with Crippen LogP contribution in [0.15, 0.2) is 46.9 Å². The Hall–Kier alpha value is -2.73. The third kappa shape index (κ3) is 7.79. The smallest absolute Gasteiger partial charge is 0.307 e. The van der Waals surface area contributed by atoms with Gasteiger partial charge in [-0.15, -0.1) is 11.8 Å². The summed E-state index contributed by atoms with van der Waals surface area (Å²) in [7, 11) is 0. The number of Topliss-reactive ketones (excluding diaryl/α,β-unsaturated/α-hetero) is 1. The third-order valence-electron chi connectivity index (χ3n) is 4.66. The van der Waals surface area contributed by atoms with E-state index in [1.165, 1.54) is 6.92 Å². The Morgan fingerprint density at radius 3 is 2.42 bits per heavy atom. The highest BCUT2D eigenvalue weighted by atomic mass is 32.2. The summed E-state index contributed by atoms with van der Waals surface area (Å²) in [6, 6.07) is 11.4. The van der Waals surface area contributed by atoms with Crippen LogP contribution < -0.4 is 4.74 Å². The Morgan fingerprint density at radius 1 is 1.10 bits per heavy atom. The number of phenolic OH excluding ortho intramolecular Hbond substituents is 1. The summed E-state index contributed by atoms with van der Waals surface area (Å²) >= 11 is 1.73. The Labute approximate surface area is 188 Å². The first-order chi connectivity index (χ1) is 14.8. The summed E-state index contributed by atoms with van der Waals surface area (Å²) in [5.41, 5.74) is 2.84. The van der Waals surface area contributed by atoms with Crippen molar-refractivity contribution in [3.8, 4) is 11.5 Å². The van der Waals surface area contributed by atoms with E-state index in [2.05, 4.69) is 0 Å². The van der Waals surface area contributed by atoms with E-state index >= 15 is 0 Å². The molecule has 2 aromatic carbocycles. The first-order valence-electron chi connectivity index (χ1n) is 10.4. The molecule has 0 unspecified atom stereocenters. The number of aromatic hydroxyl groups is 1. The van der Waals surface area contributed by atoms with Crippen LogP contribution in [0.5, 0.6) is 11.5 Å². The largest absolute Gasteiger partial charge is 0.507 e. The fraction of sp³-hybridized carbons (Fsp3) is 0.360. The second-order valence-electron chi connectivity index (χ2n) is 7.43. The van der Waals surface area contributed by atoms with Gasteiger partial charge in [0.2, 0.25) is 0 Å². The summed E-state index contributed by atoms with van der Waals surface area (Å²) in [5, 5.41) is 19.2. The number of benzene rings is 2. The number of ketones is 1. The Kier molecular flexibility index (Phi) is 9.66. The predicted molar refractivity (Wildman–Crippen MR) is 125 cm³/mol. The average molecular weight is 443 g/mol. The fourth-order valence-electron chi connectivity index (χ4n) is 3.19. The minimum absolute atomic E-state index is 0.0361. The normalized spacial score (nSPS) is 11.4. The average Bonchev–Trinajstić information content (AvgIpc) is 2.70. The van der Waals surface area contributed by atoms with Gasteiger partial charge in [0.05, 0.1) is 18.6 Å². The maximum absolute atomic E-state index is 11.7. The maximum Gasteiger partial charge on any atom is 0.307 e. The zero-order valence-electron chi connectivity index (χ0n) is 18.3. The van der Waals surface area contributed by atoms with Gasteiger partial charge < -0.3 is 14.9 Å². The molecule has 2 rings (SSSR count). The highest BCUT2D eigenvalue weighted by Gasteiger charge is 2.15. The molecule has 0 aliphatic carbocycles. The number of aliphatic carboxylic acids is 1. The Balaban J connectivity index is 1.85. The van der Waals surface area contributed by atoms with Crippen molar-refractivity contribution in [2.45, 2.75) is 51.3 Å². The van der Waals surface area contributed by atoms with Crippen molar-refractivity contribution in [1.82, 2.24) is 0 Å². The van der Waals surface area contributed by atoms with Crippen LogP contribution in [0.3, 0.4) is 0 Å². The molecule has 0 heterocycles. The van der Waals surface area contributed by atoms with Crippen LogP contribution >= 0.6 is 11.8 Å². The fourth-order valence-corrected chi connectivity index (χ4v) is 4.02. The molecule has 0 aliphatic heterocycles. The number of rotatable bonds is 12. The Morgan fingerprint density at radius 2 is 1.81 bits per heavy atom. The van der Waals surface area contributed by atoms with E-state index in [0.29, 0.717) is 29.9 Å². The molecule has 0 atom stereocenters. The molecule has 0 fully saturated rings. The number of hydrogen-bond donors (Lipinski definition) is 2. The van der Waals surface area contributed by atoms with E-state index < -0.39 is 5.97 Å². The molecule has 0 saturated carbocycles. The lowest BCUT2D eigenvalue weighted by Gasteiger charge is -2.14. The summed E-state index contributed by atoms with van der Waals surface area (Å²) in [4.78, 5) is 23.5. The molecule has 31 heavy (non-hydrogen) atoms. The summed E-state index contributed by atoms with van der Waals surface area (Å²) in [6.07, 6.45) is 4.28. The lowest BCUT2D eigenvalue weighted by Crippen LogP contribution is -2.04. The molecular weight excluding hydrogens is 412 g/mol. The molecule has 0 spiro atoms. The molecule has 2 aromatic rings. The van der Waals surface area contributed by atoms with Crippen LogP contribution in [0.1, 0.15) is 61.5 Å². The monoisotopic (exact) mass is 442 g/mol. The topological polar surface area (TPSA) is 83.8 Å². The van der Waals surface area contributed by atoms with Gasteiger partial charge in [0.15, 0.2) is 5.78 Å². The van der Waals surface area contributed by atoms with Crippen LogP contribution in [0.25, 0.3) is 6.08 Å². The van der Waals surface area contributed by atoms with Crippen molar-refractivity contribution in [1.29, 1.82) is 0 Å². The van der Waals surface area contributed by atoms with Crippen molar-refractivity contribution in [2.24, 2.45) is 0 Å². The molecule has 5 nitrogen and oxygen atoms in total. The van der Waals surface area contributed by atoms with Gasteiger partial charge in [-0.2, -0.15) is 0 Å². The van der Waals surface area contributed by atoms with Gasteiger partial charge in [-0.25, -0.2) is 0 Å². The zero-order chi connectivity index (χ0) is 22.8. The van der Waals surface area contributed by atoms with E-state index in [1.54, 1.807) is 23.9 Å². The number of carboxylic acid groups (broad SMARTS) is 1. The van der Waals surface area contributed by atoms with Gasteiger partial charge in [-0.1, -0.05) is 37.1 Å². The van der Waals surface area contributed by atoms with Crippen molar-refractivity contribution >= 4 is 29.6 Å². The molecule has 0 bridgehead atoms. The van der Waals surface area contributed by atoms with Gasteiger partial charge in [-0.05, 0) is 56.5 Å². The van der Waals surface area contributed by atoms with Crippen molar-refractivity contribution < 1.29 is 24.5 Å². The number of carbonyl (C=O) groups excluding carboxylic acids is 1. The molecule has 0 amide bonds. The van der Waals surface area contributed by atoms with Gasteiger partial charge >= 0.3 is 5.97 Å². The number of carbonyl (C=O) groups is 2. The summed E-state index contributed by atoms with van der Waals surface area (Å²) < 4.78 is 5.90. The van der Waals surface area contributed by atoms with Crippen LogP contribution in [-0.4, -0.2) is 34.3 Å². The van der Waals surface area contributed by atoms with E-state index in [1.807, 2.05) is 44.2 Å². The first-order valence-corrected chi connectivity index (χ1v) is 11.4. The molecule has 6 heteroatoms. The zero-order valence-corrected chi connectivity index (χ0v) is 19.1. The molecular formula is C25H30O5S. The van der Waals surface area contributed by atoms with Crippen molar-refractivity contribution in [3.05, 3.63) is 58.7 Å². The second kappa shape index (κ2) is 12.2. The number of phenols is 1. The van der Waals surface area contributed by atoms with Crippen LogP contribution in [0.2, 0.25) is 0 Å². The van der Waals surface area contributed by atoms with Crippen LogP contribution in [-0.2, 0) is 11.2 Å². The lowest BCUT2D eigenvalue weighted by atomic mass is 10.0. The van der Waals surface area contributed by atoms with Gasteiger partial charge in [0.25, 0.3) is 0 Å².